The highest BCUT2D eigenvalue weighted by Gasteiger charge is 2.32. The number of aromatic hydroxyl groups is 1. The van der Waals surface area contributed by atoms with Crippen molar-refractivity contribution in [3.8, 4) is 5.75 Å². The van der Waals surface area contributed by atoms with Crippen molar-refractivity contribution < 1.29 is 9.90 Å². The van der Waals surface area contributed by atoms with E-state index in [1.54, 1.807) is 12.1 Å². The number of rotatable bonds is 6. The molecule has 5 heteroatoms. The second kappa shape index (κ2) is 16.2. The summed E-state index contributed by atoms with van der Waals surface area (Å²) in [6, 6.07) is 14.2. The fourth-order valence-electron chi connectivity index (χ4n) is 2.87. The highest BCUT2D eigenvalue weighted by molar-refractivity contribution is 5.89. The number of hydrogen-bond acceptors (Lipinski definition) is 5. The van der Waals surface area contributed by atoms with Crippen molar-refractivity contribution in [1.82, 2.24) is 5.32 Å². The molecule has 0 saturated carbocycles. The first-order valence-corrected chi connectivity index (χ1v) is 12.0. The van der Waals surface area contributed by atoms with E-state index in [1.807, 2.05) is 91.8 Å². The minimum atomic E-state index is -0.449. The smallest absolute Gasteiger partial charge is 0.155 e. The van der Waals surface area contributed by atoms with Crippen molar-refractivity contribution in [3.63, 3.8) is 0 Å². The summed E-state index contributed by atoms with van der Waals surface area (Å²) in [5.41, 5.74) is 1.37. The molecule has 1 atom stereocenters. The molecule has 0 heterocycles. The van der Waals surface area contributed by atoms with Gasteiger partial charge in [0.15, 0.2) is 5.78 Å². The molecule has 5 nitrogen and oxygen atoms in total. The van der Waals surface area contributed by atoms with E-state index >= 15 is 0 Å². The van der Waals surface area contributed by atoms with Crippen LogP contribution in [-0.2, 0) is 11.2 Å². The topological polar surface area (TPSA) is 74.0 Å². The van der Waals surface area contributed by atoms with Gasteiger partial charge in [0, 0.05) is 11.0 Å². The number of ketones is 1. The van der Waals surface area contributed by atoms with Gasteiger partial charge in [0.1, 0.15) is 11.4 Å². The number of Topliss-reactive ketones (excluding diaryl/α,β-unsaturated/α-hetero) is 1. The van der Waals surface area contributed by atoms with Crippen LogP contribution in [0.3, 0.4) is 0 Å². The minimum absolute atomic E-state index is 0. The number of nitrogens with zero attached hydrogens (tertiary/aromatic N) is 2. The molecule has 0 saturated heterocycles. The van der Waals surface area contributed by atoms with Crippen LogP contribution in [0.15, 0.2) is 58.8 Å². The zero-order chi connectivity index (χ0) is 25.7. The van der Waals surface area contributed by atoms with E-state index in [9.17, 15) is 9.90 Å². The molecule has 2 rings (SSSR count). The second-order valence-electron chi connectivity index (χ2n) is 9.83. The van der Waals surface area contributed by atoms with Crippen LogP contribution in [0, 0.1) is 5.41 Å². The maximum atomic E-state index is 13.0. The summed E-state index contributed by atoms with van der Waals surface area (Å²) in [5, 5.41) is 21.9. The molecule has 2 N–H and O–H groups in total. The van der Waals surface area contributed by atoms with Gasteiger partial charge in [-0.25, -0.2) is 0 Å². The molecule has 192 valence electrons. The molecule has 0 bridgehead atoms. The Morgan fingerprint density at radius 1 is 0.941 bits per heavy atom. The molecule has 0 spiro atoms. The lowest BCUT2D eigenvalue weighted by Crippen LogP contribution is -2.51. The normalized spacial score (nSPS) is 11.9. The molecule has 0 aromatic heterocycles. The van der Waals surface area contributed by atoms with E-state index in [-0.39, 0.29) is 30.5 Å². The van der Waals surface area contributed by atoms with E-state index in [4.69, 9.17) is 0 Å². The maximum Gasteiger partial charge on any atom is 0.155 e. The summed E-state index contributed by atoms with van der Waals surface area (Å²) < 4.78 is 0. The van der Waals surface area contributed by atoms with Crippen molar-refractivity contribution >= 4 is 17.2 Å². The fourth-order valence-corrected chi connectivity index (χ4v) is 2.87. The number of carbonyl (C=O) groups is 1. The Bertz CT molecular complexity index is 848. The lowest BCUT2D eigenvalue weighted by molar-refractivity contribution is -0.128. The number of carbonyl (C=O) groups excluding carboxylic acids is 1. The average Bonchev–Trinajstić information content (AvgIpc) is 2.74. The third-order valence-corrected chi connectivity index (χ3v) is 4.17. The number of phenols is 1. The molecule has 0 aliphatic carbocycles. The van der Waals surface area contributed by atoms with E-state index in [0.29, 0.717) is 17.8 Å². The Hall–Kier alpha value is -2.53. The van der Waals surface area contributed by atoms with Gasteiger partial charge in [-0.1, -0.05) is 86.6 Å². The zero-order valence-electron chi connectivity index (χ0n) is 22.4. The van der Waals surface area contributed by atoms with Gasteiger partial charge < -0.3 is 10.4 Å². The molecular weight excluding hydrogens is 422 g/mol. The van der Waals surface area contributed by atoms with Gasteiger partial charge >= 0.3 is 0 Å². The highest BCUT2D eigenvalue weighted by Crippen LogP contribution is 2.30. The van der Waals surface area contributed by atoms with Gasteiger partial charge in [-0.05, 0) is 57.0 Å². The van der Waals surface area contributed by atoms with E-state index < -0.39 is 5.41 Å². The number of nitrogens with one attached hydrogen (secondary N) is 1. The lowest BCUT2D eigenvalue weighted by Gasteiger charge is -2.32. The Balaban J connectivity index is 0. The number of phenolic OH excluding ortho intramolecular Hbond substituents is 1. The molecule has 34 heavy (non-hydrogen) atoms. The second-order valence-corrected chi connectivity index (χ2v) is 9.83. The zero-order valence-corrected chi connectivity index (χ0v) is 22.4. The highest BCUT2D eigenvalue weighted by atomic mass is 16.3. The molecule has 1 unspecified atom stereocenters. The monoisotopic (exact) mass is 471 g/mol. The first-order chi connectivity index (χ1) is 15.4. The van der Waals surface area contributed by atoms with E-state index in [2.05, 4.69) is 29.4 Å². The summed E-state index contributed by atoms with van der Waals surface area (Å²) in [6.07, 6.45) is 1.77. The molecule has 0 fully saturated rings. The SMILES string of the molecule is C.CC.CC(C)(C)NC(Cc1ccc(O)c(N=Nc2ccccc2)c1)C(=O)C(C)(C)C.CCC. The maximum absolute atomic E-state index is 13.0. The predicted molar refractivity (Wildman–Crippen MR) is 148 cm³/mol. The van der Waals surface area contributed by atoms with Crippen molar-refractivity contribution in [2.75, 3.05) is 0 Å². The summed E-state index contributed by atoms with van der Waals surface area (Å²) >= 11 is 0. The van der Waals surface area contributed by atoms with E-state index in [1.165, 1.54) is 6.42 Å². The Labute approximate surface area is 209 Å². The fraction of sp³-hybridized carbons (Fsp3) is 0.552. The molecule has 0 aliphatic rings. The Kier molecular flexibility index (Phi) is 16.0. The van der Waals surface area contributed by atoms with Gasteiger partial charge in [-0.3, -0.25) is 4.79 Å². The predicted octanol–water partition coefficient (Wildman–Crippen LogP) is 8.80. The summed E-state index contributed by atoms with van der Waals surface area (Å²) in [7, 11) is 0. The van der Waals surface area contributed by atoms with Gasteiger partial charge in [0.2, 0.25) is 0 Å². The van der Waals surface area contributed by atoms with Crippen LogP contribution in [0.4, 0.5) is 11.4 Å². The first kappa shape index (κ1) is 33.6. The third kappa shape index (κ3) is 13.2. The number of azo groups is 1. The van der Waals surface area contributed by atoms with Crippen LogP contribution < -0.4 is 5.32 Å². The van der Waals surface area contributed by atoms with Crippen LogP contribution in [-0.4, -0.2) is 22.5 Å². The van der Waals surface area contributed by atoms with Crippen molar-refractivity contribution in [3.05, 3.63) is 54.1 Å². The van der Waals surface area contributed by atoms with Crippen LogP contribution in [0.1, 0.15) is 88.6 Å². The molecule has 0 radical (unpaired) electrons. The van der Waals surface area contributed by atoms with Crippen LogP contribution in [0.25, 0.3) is 0 Å². The number of benzene rings is 2. The molecule has 2 aromatic rings. The van der Waals surface area contributed by atoms with Crippen LogP contribution in [0.2, 0.25) is 0 Å². The third-order valence-electron chi connectivity index (χ3n) is 4.17. The lowest BCUT2D eigenvalue weighted by atomic mass is 9.83. The van der Waals surface area contributed by atoms with Crippen LogP contribution in [0.5, 0.6) is 5.75 Å². The molecule has 2 aromatic carbocycles. The standard InChI is InChI=1S/C23H31N3O2.C3H8.C2H6.CH4/c1-22(2,3)21(28)19(24-23(4,5)6)15-16-12-13-20(27)18(14-16)26-25-17-10-8-7-9-11-17;1-3-2;1-2;/h7-14,19,24,27H,15H2,1-6H3;3H2,1-2H3;1-2H3;1H4. The first-order valence-electron chi connectivity index (χ1n) is 12.0. The van der Waals surface area contributed by atoms with Crippen molar-refractivity contribution in [2.24, 2.45) is 15.6 Å². The van der Waals surface area contributed by atoms with Gasteiger partial charge in [0.05, 0.1) is 11.7 Å². The Morgan fingerprint density at radius 3 is 1.94 bits per heavy atom. The number of hydrogen-bond donors (Lipinski definition) is 2. The van der Waals surface area contributed by atoms with Gasteiger partial charge in [-0.2, -0.15) is 5.11 Å². The quantitative estimate of drug-likeness (QED) is 0.413. The largest absolute Gasteiger partial charge is 0.506 e. The summed E-state index contributed by atoms with van der Waals surface area (Å²) in [5.74, 6) is 0.217. The summed E-state index contributed by atoms with van der Waals surface area (Å²) in [4.78, 5) is 13.0. The van der Waals surface area contributed by atoms with Crippen LogP contribution >= 0.6 is 0 Å². The Morgan fingerprint density at radius 2 is 1.47 bits per heavy atom. The summed E-state index contributed by atoms with van der Waals surface area (Å²) in [6.45, 7) is 20.2. The van der Waals surface area contributed by atoms with Gasteiger partial charge in [-0.15, -0.1) is 5.11 Å². The molecular formula is C29H49N3O2. The van der Waals surface area contributed by atoms with Crippen molar-refractivity contribution in [1.29, 1.82) is 0 Å². The average molecular weight is 472 g/mol. The van der Waals surface area contributed by atoms with Crippen molar-refractivity contribution in [2.45, 2.75) is 101 Å². The van der Waals surface area contributed by atoms with E-state index in [0.717, 1.165) is 5.56 Å². The minimum Gasteiger partial charge on any atom is -0.506 e. The molecule has 0 amide bonds. The molecule has 0 aliphatic heterocycles. The van der Waals surface area contributed by atoms with Gasteiger partial charge in [0.25, 0.3) is 0 Å².